The molecule has 16 nitrogen and oxygen atoms in total. The normalized spacial score (nSPS) is 11.2. The van der Waals surface area contributed by atoms with Gasteiger partial charge in [-0.25, -0.2) is 0 Å². The van der Waals surface area contributed by atoms with Crippen molar-refractivity contribution in [1.29, 1.82) is 21.0 Å². The summed E-state index contributed by atoms with van der Waals surface area (Å²) >= 11 is 1.58. The van der Waals surface area contributed by atoms with E-state index in [-0.39, 0.29) is 81.4 Å². The van der Waals surface area contributed by atoms with E-state index in [1.807, 2.05) is 225 Å². The number of hydrogen-bond acceptors (Lipinski definition) is 13. The minimum absolute atomic E-state index is 0. The maximum absolute atomic E-state index is 9.75. The van der Waals surface area contributed by atoms with Gasteiger partial charge >= 0.3 is 21.1 Å². The first kappa shape index (κ1) is 87.9. The molecule has 21 heteroatoms. The van der Waals surface area contributed by atoms with Crippen LogP contribution in [0.15, 0.2) is 294 Å². The topological polar surface area (TPSA) is 196 Å². The van der Waals surface area contributed by atoms with Crippen molar-refractivity contribution in [3.8, 4) is 104 Å². The maximum Gasteiger partial charge on any atom is 2.00 e. The van der Waals surface area contributed by atoms with Gasteiger partial charge in [-0.2, -0.15) is 32.2 Å². The van der Waals surface area contributed by atoms with Crippen molar-refractivity contribution in [1.82, 2.24) is 33.4 Å². The van der Waals surface area contributed by atoms with Gasteiger partial charge in [0.05, 0.1) is 17.3 Å². The van der Waals surface area contributed by atoms with Crippen LogP contribution in [-0.2, 0) is 81.4 Å². The van der Waals surface area contributed by atoms with Crippen molar-refractivity contribution in [3.63, 3.8) is 0 Å². The second-order valence-electron chi connectivity index (χ2n) is 29.5. The van der Waals surface area contributed by atoms with Crippen LogP contribution in [0.3, 0.4) is 0 Å². The van der Waals surface area contributed by atoms with E-state index < -0.39 is 0 Å². The number of aromatic nitrogens is 7. The molecule has 0 saturated heterocycles. The molecule has 0 aliphatic carbocycles. The summed E-state index contributed by atoms with van der Waals surface area (Å²) in [4.78, 5) is 12.8. The van der Waals surface area contributed by atoms with Crippen LogP contribution in [-0.4, -0.2) is 33.4 Å². The smallest absolute Gasteiger partial charge is 0.557 e. The molecule has 0 saturated carbocycles. The van der Waals surface area contributed by atoms with E-state index in [9.17, 15) is 21.0 Å². The predicted molar refractivity (Wildman–Crippen MR) is 472 cm³/mol. The van der Waals surface area contributed by atoms with Gasteiger partial charge in [0, 0.05) is 130 Å². The summed E-state index contributed by atoms with van der Waals surface area (Å²) in [6.07, 6.45) is 12.3. The molecule has 0 amide bonds. The van der Waals surface area contributed by atoms with Gasteiger partial charge in [0.25, 0.3) is 0 Å². The Kier molecular flexibility index (Phi) is 27.5. The van der Waals surface area contributed by atoms with Crippen molar-refractivity contribution >= 4 is 82.3 Å². The third kappa shape index (κ3) is 17.5. The molecule has 20 rings (SSSR count). The van der Waals surface area contributed by atoms with E-state index >= 15 is 0 Å². The first-order chi connectivity index (χ1) is 58.1. The summed E-state index contributed by atoms with van der Waals surface area (Å²) in [5.41, 5.74) is 24.0. The summed E-state index contributed by atoms with van der Waals surface area (Å²) in [5.74, 6) is 3.60. The monoisotopic (exact) mass is 2330 g/mol. The fraction of sp³-hybridized carbons (Fsp3) is 0.0980. The molecule has 1 aliphatic heterocycles. The number of anilines is 3. The van der Waals surface area contributed by atoms with Crippen molar-refractivity contribution in [2.75, 3.05) is 9.80 Å². The Morgan fingerprint density at radius 1 is 0.488 bits per heavy atom. The molecule has 0 bridgehead atoms. The van der Waals surface area contributed by atoms with Crippen molar-refractivity contribution in [2.24, 2.45) is 0 Å². The van der Waals surface area contributed by atoms with Gasteiger partial charge in [0.2, 0.25) is 0 Å². The molecule has 3 radical (unpaired) electrons. The molecule has 611 valence electrons. The number of rotatable bonds is 13. The van der Waals surface area contributed by atoms with Crippen LogP contribution in [0.2, 0.25) is 0 Å². The zero-order valence-electron chi connectivity index (χ0n) is 67.6. The van der Waals surface area contributed by atoms with Gasteiger partial charge in [-0.05, 0) is 162 Å². The van der Waals surface area contributed by atoms with Gasteiger partial charge < -0.3 is 37.1 Å². The zero-order chi connectivity index (χ0) is 82.0. The molecule has 0 atom stereocenters. The number of para-hydroxylation sites is 7. The summed E-state index contributed by atoms with van der Waals surface area (Å²) in [7, 11) is 0. The van der Waals surface area contributed by atoms with Crippen LogP contribution >= 0.6 is 11.3 Å². The van der Waals surface area contributed by atoms with Gasteiger partial charge in [0.15, 0.2) is 11.9 Å². The van der Waals surface area contributed by atoms with E-state index in [0.29, 0.717) is 40.6 Å². The van der Waals surface area contributed by atoms with Gasteiger partial charge in [-0.1, -0.05) is 242 Å². The molecule has 19 aromatic rings. The molecule has 12 aromatic carbocycles. The summed E-state index contributed by atoms with van der Waals surface area (Å²) in [6, 6.07) is 101. The van der Waals surface area contributed by atoms with E-state index in [2.05, 4.69) is 185 Å². The molecule has 7 aromatic heterocycles. The standard InChI is InChI=1S/C32H23N4O.C26H18N3O.C24H22N3S.C20H11N3O.3Ir.Pt/c1-22-17-27(37-26-13-7-4-8-14-26)18-23(2)31(22)36-20-24(19-33)34-32(36)29-21-35(25-11-5-3-6-12-25)30-16-10-9-15-28(29)30;1-17-12-20(19-8-4-3-5-9-19)13-18(2)25(17)29-15-21(14-27)28-26(29)23-16-30-24-11-7-6-10-22(23)24;1-15(2)18-9-7-10-19(16(3)4)24(18)21-12-17(13-25)26-27(21)22-14-28-23-11-6-5-8-20(22)23;21-12-22-13-23(18-7-3-2-6-17(18)22)14-9-10-20-16(11-14)15-5-1-4-8-19(15)24-20;;;;/h3-18,20H,1-2H3;3-13,15H,1-2H3;5-12,15-16H,1-4H3;1-8,10-11,13H;;;;/q3*-1;-2;;;;+2. The second-order valence-corrected chi connectivity index (χ2v) is 30.4. The van der Waals surface area contributed by atoms with Crippen molar-refractivity contribution in [3.05, 3.63) is 366 Å². The van der Waals surface area contributed by atoms with Crippen molar-refractivity contribution < 1.29 is 95.0 Å². The Labute approximate surface area is 772 Å². The minimum atomic E-state index is 0. The molecule has 8 heterocycles. The SMILES string of the molecule is CC(C)c1cccc(C(C)C)c1-c1cc(C#N)nn1-c1[c-]sc2ccccc12.Cc1cc(-c2ccccc2)cc(C)c1-n1cc(C#N)nc1-c1[c-]oc2ccccc12.Cc1cc(Oc2ccccc2)cc(C)c1-n1cc(C#N)nc1-c1[c-]n(-c2ccccc2)c2ccccc12.N#CN1[CH-]N(c2[c-]cc3oc4ccccc4c3c2)c2ccccc21.[Ir].[Ir].[Ir].[Pt+2]. The number of nitrogens with zero attached hydrogens (tertiary/aromatic N) is 13. The Bertz CT molecular complexity index is 7160. The Balaban J connectivity index is 0.000000141. The van der Waals surface area contributed by atoms with Crippen molar-refractivity contribution in [2.45, 2.75) is 67.2 Å². The van der Waals surface area contributed by atoms with Crippen LogP contribution in [0.4, 0.5) is 17.1 Å². The molecular formula is C102H74Ir3N13O3PtS-3. The van der Waals surface area contributed by atoms with Crippen LogP contribution in [0.5, 0.6) is 11.5 Å². The third-order valence-electron chi connectivity index (χ3n) is 21.0. The van der Waals surface area contributed by atoms with E-state index in [1.165, 1.54) is 27.0 Å². The first-order valence-corrected chi connectivity index (χ1v) is 39.7. The predicted octanol–water partition coefficient (Wildman–Crippen LogP) is 25.4. The zero-order valence-corrected chi connectivity index (χ0v) is 77.9. The van der Waals surface area contributed by atoms with Crippen LogP contribution in [0.25, 0.3) is 122 Å². The second kappa shape index (κ2) is 38.5. The summed E-state index contributed by atoms with van der Waals surface area (Å²) < 4.78 is 26.7. The molecule has 0 fully saturated rings. The fourth-order valence-corrected chi connectivity index (χ4v) is 16.5. The molecule has 0 unspecified atom stereocenters. The number of fused-ring (bicyclic) bond motifs is 7. The summed E-state index contributed by atoms with van der Waals surface area (Å²) in [6.45, 7) is 18.9. The quantitative estimate of drug-likeness (QED) is 0.0784. The van der Waals surface area contributed by atoms with Gasteiger partial charge in [0.1, 0.15) is 46.7 Å². The number of imidazole rings is 2. The Morgan fingerprint density at radius 2 is 1.02 bits per heavy atom. The number of hydrogen-bond donors (Lipinski definition) is 0. The number of benzene rings is 12. The number of furan rings is 2. The Morgan fingerprint density at radius 3 is 1.65 bits per heavy atom. The third-order valence-corrected chi connectivity index (χ3v) is 21.9. The largest absolute Gasteiger partial charge is 2.00 e. The van der Waals surface area contributed by atoms with Crippen LogP contribution < -0.4 is 14.5 Å². The first-order valence-electron chi connectivity index (χ1n) is 38.9. The van der Waals surface area contributed by atoms with Gasteiger partial charge in [-0.3, -0.25) is 26.0 Å². The molecule has 1 aliphatic rings. The van der Waals surface area contributed by atoms with Crippen LogP contribution in [0, 0.1) is 104 Å². The number of aryl methyl sites for hydroxylation is 4. The van der Waals surface area contributed by atoms with Crippen LogP contribution in [0.1, 0.15) is 90.0 Å². The molecule has 0 N–H and O–H groups in total. The van der Waals surface area contributed by atoms with E-state index in [0.717, 1.165) is 145 Å². The van der Waals surface area contributed by atoms with Gasteiger partial charge in [-0.15, -0.1) is 52.8 Å². The average molecular weight is 2330 g/mol. The summed E-state index contributed by atoms with van der Waals surface area (Å²) in [5, 5.41) is 51.4. The maximum atomic E-state index is 9.75. The molecule has 0 spiro atoms. The van der Waals surface area contributed by atoms with E-state index in [1.54, 1.807) is 35.3 Å². The number of ether oxygens (including phenoxy) is 1. The van der Waals surface area contributed by atoms with E-state index in [4.69, 9.17) is 18.6 Å². The Hall–Kier alpha value is -12.9. The average Bonchev–Trinajstić information content (AvgIpc) is 1.62. The minimum Gasteiger partial charge on any atom is -0.557 e. The molecular weight excluding hydrogens is 2260 g/mol. The number of thiophene rings is 1. The number of nitriles is 4. The fourth-order valence-electron chi connectivity index (χ4n) is 15.7. The molecule has 123 heavy (non-hydrogen) atoms.